The van der Waals surface area contributed by atoms with Crippen molar-refractivity contribution in [1.82, 2.24) is 4.98 Å². The van der Waals surface area contributed by atoms with Gasteiger partial charge in [-0.05, 0) is 0 Å². The first-order valence-corrected chi connectivity index (χ1v) is 5.87. The number of morpholine rings is 1. The first-order valence-electron chi connectivity index (χ1n) is 5.87. The molecule has 0 saturated carbocycles. The van der Waals surface area contributed by atoms with E-state index in [4.69, 9.17) is 9.84 Å². The van der Waals surface area contributed by atoms with E-state index >= 15 is 0 Å². The Kier molecular flexibility index (Phi) is 4.11. The largest absolute Gasteiger partial charge is 0.477 e. The predicted octanol–water partition coefficient (Wildman–Crippen LogP) is -0.115. The molecule has 1 aromatic heterocycles. The van der Waals surface area contributed by atoms with E-state index in [9.17, 15) is 20.0 Å². The van der Waals surface area contributed by atoms with Crippen LogP contribution in [0.15, 0.2) is 12.3 Å². The number of aromatic nitrogens is 1. The second kappa shape index (κ2) is 5.80. The quantitative estimate of drug-likeness (QED) is 0.578. The monoisotopic (exact) mass is 283 g/mol. The summed E-state index contributed by atoms with van der Waals surface area (Å²) in [5.74, 6) is -1.12. The van der Waals surface area contributed by atoms with Crippen LogP contribution in [-0.2, 0) is 4.74 Å². The molecule has 0 spiro atoms. The lowest BCUT2D eigenvalue weighted by molar-refractivity contribution is -0.385. The highest BCUT2D eigenvalue weighted by atomic mass is 16.6. The average molecular weight is 283 g/mol. The molecule has 2 heterocycles. The van der Waals surface area contributed by atoms with Crippen molar-refractivity contribution in [2.24, 2.45) is 0 Å². The minimum atomic E-state index is -1.39. The van der Waals surface area contributed by atoms with Gasteiger partial charge in [0, 0.05) is 12.6 Å². The highest BCUT2D eigenvalue weighted by molar-refractivity contribution is 5.93. The molecule has 1 aliphatic rings. The molecule has 9 heteroatoms. The van der Waals surface area contributed by atoms with Gasteiger partial charge in [0.15, 0.2) is 0 Å². The molecule has 1 fully saturated rings. The van der Waals surface area contributed by atoms with Crippen molar-refractivity contribution >= 4 is 17.5 Å². The summed E-state index contributed by atoms with van der Waals surface area (Å²) in [4.78, 5) is 26.7. The number of carboxylic acid groups (broad SMARTS) is 1. The molecule has 1 aliphatic heterocycles. The van der Waals surface area contributed by atoms with Crippen LogP contribution in [0.2, 0.25) is 0 Å². The van der Waals surface area contributed by atoms with Crippen molar-refractivity contribution in [1.29, 1.82) is 0 Å². The molecule has 1 saturated heterocycles. The SMILES string of the molecule is O=C(O)c1cc(N2CCOCC2CO)ncc1[N+](=O)[O-]. The maximum absolute atomic E-state index is 11.1. The fraction of sp³-hybridized carbons (Fsp3) is 0.455. The molecule has 0 aromatic carbocycles. The van der Waals surface area contributed by atoms with Crippen molar-refractivity contribution in [2.75, 3.05) is 31.3 Å². The van der Waals surface area contributed by atoms with Gasteiger partial charge in [-0.3, -0.25) is 10.1 Å². The zero-order chi connectivity index (χ0) is 14.7. The lowest BCUT2D eigenvalue weighted by Gasteiger charge is -2.35. The van der Waals surface area contributed by atoms with E-state index in [0.29, 0.717) is 13.2 Å². The Bertz CT molecular complexity index is 535. The summed E-state index contributed by atoms with van der Waals surface area (Å²) in [6, 6.07) is 0.799. The number of hydrogen-bond donors (Lipinski definition) is 2. The number of rotatable bonds is 4. The van der Waals surface area contributed by atoms with E-state index in [0.717, 1.165) is 12.3 Å². The number of nitro groups is 1. The molecule has 20 heavy (non-hydrogen) atoms. The van der Waals surface area contributed by atoms with Gasteiger partial charge in [-0.1, -0.05) is 0 Å². The number of anilines is 1. The summed E-state index contributed by atoms with van der Waals surface area (Å²) >= 11 is 0. The van der Waals surface area contributed by atoms with E-state index in [1.54, 1.807) is 4.90 Å². The molecular weight excluding hydrogens is 270 g/mol. The smallest absolute Gasteiger partial charge is 0.342 e. The Balaban J connectivity index is 2.39. The minimum Gasteiger partial charge on any atom is -0.477 e. The van der Waals surface area contributed by atoms with Crippen LogP contribution in [0.4, 0.5) is 11.5 Å². The summed E-state index contributed by atoms with van der Waals surface area (Å²) < 4.78 is 5.21. The van der Waals surface area contributed by atoms with E-state index in [1.165, 1.54) is 0 Å². The van der Waals surface area contributed by atoms with Gasteiger partial charge < -0.3 is 19.8 Å². The standard InChI is InChI=1S/C11H13N3O6/c15-5-7-6-20-2-1-13(7)10-3-8(11(16)17)9(4-12-10)14(18)19/h3-4,7,15H,1-2,5-6H2,(H,16,17). The third-order valence-electron chi connectivity index (χ3n) is 3.03. The first-order chi connectivity index (χ1) is 9.54. The fourth-order valence-electron chi connectivity index (χ4n) is 2.02. The second-order valence-electron chi connectivity index (χ2n) is 4.23. The number of ether oxygens (including phenoxy) is 1. The summed E-state index contributed by atoms with van der Waals surface area (Å²) in [6.07, 6.45) is 0.919. The number of aliphatic hydroxyl groups is 1. The molecule has 9 nitrogen and oxygen atoms in total. The zero-order valence-electron chi connectivity index (χ0n) is 10.4. The van der Waals surface area contributed by atoms with Gasteiger partial charge in [0.05, 0.1) is 30.8 Å². The Hall–Kier alpha value is -2.26. The fourth-order valence-corrected chi connectivity index (χ4v) is 2.02. The molecule has 0 aliphatic carbocycles. The maximum Gasteiger partial charge on any atom is 0.342 e. The first kappa shape index (κ1) is 14.2. The minimum absolute atomic E-state index is 0.179. The summed E-state index contributed by atoms with van der Waals surface area (Å²) in [5, 5.41) is 29.1. The Morgan fingerprint density at radius 1 is 1.65 bits per heavy atom. The van der Waals surface area contributed by atoms with Gasteiger partial charge in [0.2, 0.25) is 0 Å². The van der Waals surface area contributed by atoms with Crippen molar-refractivity contribution in [3.8, 4) is 0 Å². The Labute approximate surface area is 113 Å². The van der Waals surface area contributed by atoms with E-state index < -0.39 is 22.1 Å². The highest BCUT2D eigenvalue weighted by Crippen LogP contribution is 2.24. The van der Waals surface area contributed by atoms with Gasteiger partial charge in [0.25, 0.3) is 0 Å². The molecule has 2 N–H and O–H groups in total. The molecule has 1 atom stereocenters. The third kappa shape index (κ3) is 2.68. The van der Waals surface area contributed by atoms with Crippen LogP contribution in [0, 0.1) is 10.1 Å². The van der Waals surface area contributed by atoms with Crippen molar-refractivity contribution in [3.63, 3.8) is 0 Å². The number of pyridine rings is 1. The summed E-state index contributed by atoms with van der Waals surface area (Å²) in [6.45, 7) is 0.950. The predicted molar refractivity (Wildman–Crippen MR) is 66.9 cm³/mol. The van der Waals surface area contributed by atoms with E-state index in [1.807, 2.05) is 0 Å². The Morgan fingerprint density at radius 2 is 2.40 bits per heavy atom. The number of nitrogens with zero attached hydrogens (tertiary/aromatic N) is 3. The van der Waals surface area contributed by atoms with E-state index in [-0.39, 0.29) is 25.1 Å². The van der Waals surface area contributed by atoms with E-state index in [2.05, 4.69) is 4.98 Å². The van der Waals surface area contributed by atoms with Crippen LogP contribution in [0.5, 0.6) is 0 Å². The summed E-state index contributed by atoms with van der Waals surface area (Å²) in [5.41, 5.74) is -0.988. The van der Waals surface area contributed by atoms with Gasteiger partial charge in [-0.15, -0.1) is 0 Å². The molecule has 0 bridgehead atoms. The highest BCUT2D eigenvalue weighted by Gasteiger charge is 2.27. The third-order valence-corrected chi connectivity index (χ3v) is 3.03. The number of aromatic carboxylic acids is 1. The van der Waals surface area contributed by atoms with Gasteiger partial charge >= 0.3 is 11.7 Å². The Morgan fingerprint density at radius 3 is 3.00 bits per heavy atom. The van der Waals surface area contributed by atoms with Gasteiger partial charge in [-0.25, -0.2) is 9.78 Å². The summed E-state index contributed by atoms with van der Waals surface area (Å²) in [7, 11) is 0. The van der Waals surface area contributed by atoms with Gasteiger partial charge in [-0.2, -0.15) is 0 Å². The van der Waals surface area contributed by atoms with Crippen LogP contribution in [0.3, 0.4) is 0 Å². The molecular formula is C11H13N3O6. The van der Waals surface area contributed by atoms with Crippen LogP contribution in [0.25, 0.3) is 0 Å². The topological polar surface area (TPSA) is 126 Å². The molecule has 2 rings (SSSR count). The van der Waals surface area contributed by atoms with Crippen LogP contribution in [0.1, 0.15) is 10.4 Å². The molecule has 108 valence electrons. The van der Waals surface area contributed by atoms with Crippen molar-refractivity contribution in [2.45, 2.75) is 6.04 Å². The number of carbonyl (C=O) groups is 1. The van der Waals surface area contributed by atoms with Crippen LogP contribution < -0.4 is 4.90 Å². The van der Waals surface area contributed by atoms with Gasteiger partial charge in [0.1, 0.15) is 17.6 Å². The lowest BCUT2D eigenvalue weighted by atomic mass is 10.2. The van der Waals surface area contributed by atoms with Crippen molar-refractivity contribution in [3.05, 3.63) is 27.9 Å². The number of hydrogen-bond acceptors (Lipinski definition) is 7. The normalized spacial score (nSPS) is 18.9. The molecule has 1 aromatic rings. The zero-order valence-corrected chi connectivity index (χ0v) is 10.4. The average Bonchev–Trinajstić information content (AvgIpc) is 2.46. The van der Waals surface area contributed by atoms with Crippen molar-refractivity contribution < 1.29 is 24.7 Å². The van der Waals surface area contributed by atoms with Crippen LogP contribution in [-0.4, -0.2) is 58.5 Å². The molecule has 0 amide bonds. The lowest BCUT2D eigenvalue weighted by Crippen LogP contribution is -2.48. The number of carboxylic acids is 1. The maximum atomic E-state index is 11.1. The number of aliphatic hydroxyl groups excluding tert-OH is 1. The molecule has 1 unspecified atom stereocenters. The molecule has 0 radical (unpaired) electrons. The second-order valence-corrected chi connectivity index (χ2v) is 4.23. The van der Waals surface area contributed by atoms with Crippen LogP contribution >= 0.6 is 0 Å².